The van der Waals surface area contributed by atoms with E-state index in [9.17, 15) is 19.5 Å². The summed E-state index contributed by atoms with van der Waals surface area (Å²) in [6.07, 6.45) is 8.12. The summed E-state index contributed by atoms with van der Waals surface area (Å²) >= 11 is 0. The van der Waals surface area contributed by atoms with Crippen molar-refractivity contribution >= 4 is 29.1 Å². The Morgan fingerprint density at radius 2 is 1.60 bits per heavy atom. The molecule has 4 heterocycles. The number of hydrogen-bond donors (Lipinski definition) is 1. The Kier molecular flexibility index (Phi) is 7.33. The van der Waals surface area contributed by atoms with Crippen LogP contribution in [-0.4, -0.2) is 70.7 Å². The second kappa shape index (κ2) is 10.8. The van der Waals surface area contributed by atoms with Crippen molar-refractivity contribution in [1.82, 2.24) is 4.90 Å². The number of amides is 3. The van der Waals surface area contributed by atoms with Crippen LogP contribution < -0.4 is 9.80 Å². The van der Waals surface area contributed by atoms with Gasteiger partial charge in [-0.2, -0.15) is 0 Å². The third-order valence-corrected chi connectivity index (χ3v) is 9.91. The first-order valence-corrected chi connectivity index (χ1v) is 15.3. The number of aryl methyl sites for hydroxylation is 2. The lowest BCUT2D eigenvalue weighted by Crippen LogP contribution is -2.60. The van der Waals surface area contributed by atoms with E-state index in [0.29, 0.717) is 19.5 Å². The molecule has 0 radical (unpaired) electrons. The summed E-state index contributed by atoms with van der Waals surface area (Å²) < 4.78 is 7.10. The van der Waals surface area contributed by atoms with Crippen LogP contribution in [-0.2, 0) is 19.1 Å². The Balaban J connectivity index is 1.54. The molecule has 8 nitrogen and oxygen atoms in total. The Bertz CT molecular complexity index is 1500. The molecule has 3 amide bonds. The number of carbonyl (C=O) groups is 3. The van der Waals surface area contributed by atoms with Gasteiger partial charge in [0, 0.05) is 24.5 Å². The Morgan fingerprint density at radius 3 is 2.28 bits per heavy atom. The number of para-hydroxylation sites is 1. The number of aliphatic hydroxyl groups excluding tert-OH is 1. The summed E-state index contributed by atoms with van der Waals surface area (Å²) in [7, 11) is 0. The van der Waals surface area contributed by atoms with Gasteiger partial charge >= 0.3 is 0 Å². The molecule has 2 saturated heterocycles. The Labute approximate surface area is 253 Å². The molecule has 6 atom stereocenters. The van der Waals surface area contributed by atoms with Gasteiger partial charge in [0.15, 0.2) is 0 Å². The molecule has 43 heavy (non-hydrogen) atoms. The van der Waals surface area contributed by atoms with E-state index in [-0.39, 0.29) is 30.2 Å². The zero-order chi connectivity index (χ0) is 30.7. The molecule has 2 fully saturated rings. The summed E-state index contributed by atoms with van der Waals surface area (Å²) in [4.78, 5) is 49.3. The monoisotopic (exact) mass is 583 g/mol. The summed E-state index contributed by atoms with van der Waals surface area (Å²) in [5.74, 6) is -2.72. The molecule has 4 aliphatic rings. The smallest absolute Gasteiger partial charge is 0.253 e. The number of nitrogens with zero attached hydrogens (tertiary/aromatic N) is 3. The highest BCUT2D eigenvalue weighted by molar-refractivity contribution is 6.08. The van der Waals surface area contributed by atoms with Crippen molar-refractivity contribution in [2.24, 2.45) is 17.8 Å². The maximum atomic E-state index is 14.9. The quantitative estimate of drug-likeness (QED) is 0.516. The number of anilines is 2. The van der Waals surface area contributed by atoms with Crippen LogP contribution in [0.1, 0.15) is 38.3 Å². The summed E-state index contributed by atoms with van der Waals surface area (Å²) in [5.41, 5.74) is 1.02. The highest BCUT2D eigenvalue weighted by Gasteiger charge is 2.76. The second-order valence-corrected chi connectivity index (χ2v) is 12.7. The summed E-state index contributed by atoms with van der Waals surface area (Å²) in [5, 5.41) is 10.6. The lowest BCUT2D eigenvalue weighted by atomic mass is 9.73. The van der Waals surface area contributed by atoms with Gasteiger partial charge in [0.1, 0.15) is 11.6 Å². The van der Waals surface area contributed by atoms with Crippen LogP contribution >= 0.6 is 0 Å². The van der Waals surface area contributed by atoms with Crippen LogP contribution in [0.5, 0.6) is 0 Å². The van der Waals surface area contributed by atoms with Gasteiger partial charge in [-0.15, -0.1) is 0 Å². The molecule has 0 bridgehead atoms. The van der Waals surface area contributed by atoms with Crippen molar-refractivity contribution in [2.45, 2.75) is 64.3 Å². The van der Waals surface area contributed by atoms with Crippen LogP contribution in [0.25, 0.3) is 0 Å². The van der Waals surface area contributed by atoms with Crippen molar-refractivity contribution in [1.29, 1.82) is 0 Å². The molecular weight excluding hydrogens is 542 g/mol. The van der Waals surface area contributed by atoms with E-state index in [1.165, 1.54) is 0 Å². The molecule has 1 spiro atoms. The number of aliphatic hydroxyl groups is 1. The van der Waals surface area contributed by atoms with Crippen LogP contribution in [0, 0.1) is 31.6 Å². The van der Waals surface area contributed by atoms with Gasteiger partial charge in [-0.3, -0.25) is 14.4 Å². The van der Waals surface area contributed by atoms with E-state index in [2.05, 4.69) is 0 Å². The van der Waals surface area contributed by atoms with E-state index in [4.69, 9.17) is 4.74 Å². The third-order valence-electron chi connectivity index (χ3n) is 9.91. The minimum Gasteiger partial charge on any atom is -0.394 e. The maximum absolute atomic E-state index is 14.9. The van der Waals surface area contributed by atoms with Crippen molar-refractivity contribution in [3.05, 3.63) is 84.0 Å². The fourth-order valence-electron chi connectivity index (χ4n) is 7.74. The molecular formula is C35H41N3O5. The summed E-state index contributed by atoms with van der Waals surface area (Å²) in [6.45, 7) is 10.1. The molecule has 2 aromatic carbocycles. The molecule has 6 rings (SSSR count). The molecule has 2 aromatic rings. The normalized spacial score (nSPS) is 30.8. The zero-order valence-electron chi connectivity index (χ0n) is 25.6. The molecule has 226 valence electrons. The number of carbonyl (C=O) groups excluding carboxylic acids is 3. The van der Waals surface area contributed by atoms with E-state index < -0.39 is 35.1 Å². The lowest BCUT2D eigenvalue weighted by molar-refractivity contribution is -0.150. The molecule has 1 unspecified atom stereocenters. The number of benzene rings is 2. The number of rotatable bonds is 6. The average molecular weight is 584 g/mol. The zero-order valence-corrected chi connectivity index (χ0v) is 25.6. The molecule has 1 N–H and O–H groups in total. The largest absolute Gasteiger partial charge is 0.394 e. The minimum atomic E-state index is -1.39. The van der Waals surface area contributed by atoms with E-state index in [0.717, 1.165) is 22.5 Å². The fourth-order valence-corrected chi connectivity index (χ4v) is 7.74. The molecule has 0 saturated carbocycles. The topological polar surface area (TPSA) is 90.4 Å². The Hall–Kier alpha value is -3.75. The molecule has 8 heteroatoms. The molecule has 0 aromatic heterocycles. The van der Waals surface area contributed by atoms with Crippen molar-refractivity contribution in [3.63, 3.8) is 0 Å². The maximum Gasteiger partial charge on any atom is 0.253 e. The standard InChI is InChI=1S/C35H41N3O5/c1-6-34-16-10-18-36(25-12-8-7-9-13-25)31(40)28(34)29-32(41)38(27(21-39)22(2)3)30-33(42)37(19-11-17-35(29,30)43-34)26-20-23(4)14-15-24(26)5/h7-17,20,22,27-30,39H,6,18-19,21H2,1-5H3/t27-,28-,29-,30?,34+,35-/m0/s1. The van der Waals surface area contributed by atoms with Gasteiger partial charge in [0.2, 0.25) is 11.8 Å². The van der Waals surface area contributed by atoms with Gasteiger partial charge < -0.3 is 24.5 Å². The SMILES string of the molecule is CC[C@@]12C=CCN(c3ccccc3)C(=O)[C@@H]1[C@H]1C(=O)N([C@@H](CO)C(C)C)C3C(=O)N(c4cc(C)ccc4C)CC=C[C@@]31O2. The first-order chi connectivity index (χ1) is 20.6. The van der Waals surface area contributed by atoms with E-state index in [1.807, 2.05) is 107 Å². The van der Waals surface area contributed by atoms with E-state index in [1.54, 1.807) is 14.7 Å². The first-order valence-electron chi connectivity index (χ1n) is 15.3. The fraction of sp³-hybridized carbons (Fsp3) is 0.457. The van der Waals surface area contributed by atoms with Crippen LogP contribution in [0.4, 0.5) is 11.4 Å². The number of ether oxygens (including phenoxy) is 1. The molecule has 0 aliphatic carbocycles. The van der Waals surface area contributed by atoms with E-state index >= 15 is 0 Å². The second-order valence-electron chi connectivity index (χ2n) is 12.7. The number of likely N-dealkylation sites (tertiary alicyclic amines) is 1. The van der Waals surface area contributed by atoms with Crippen LogP contribution in [0.3, 0.4) is 0 Å². The first kappa shape index (κ1) is 29.3. The van der Waals surface area contributed by atoms with Crippen molar-refractivity contribution < 1.29 is 24.2 Å². The van der Waals surface area contributed by atoms with Crippen molar-refractivity contribution in [3.8, 4) is 0 Å². The highest BCUT2D eigenvalue weighted by Crippen LogP contribution is 2.59. The third kappa shape index (κ3) is 4.29. The van der Waals surface area contributed by atoms with Crippen LogP contribution in [0.15, 0.2) is 72.8 Å². The van der Waals surface area contributed by atoms with Gasteiger partial charge in [-0.05, 0) is 55.5 Å². The lowest BCUT2D eigenvalue weighted by Gasteiger charge is -2.42. The summed E-state index contributed by atoms with van der Waals surface area (Å²) in [6, 6.07) is 13.8. The molecule has 4 aliphatic heterocycles. The highest BCUT2D eigenvalue weighted by atomic mass is 16.5. The van der Waals surface area contributed by atoms with Gasteiger partial charge in [-0.1, -0.05) is 75.4 Å². The predicted octanol–water partition coefficient (Wildman–Crippen LogP) is 4.19. The minimum absolute atomic E-state index is 0.138. The van der Waals surface area contributed by atoms with Gasteiger partial charge in [-0.25, -0.2) is 0 Å². The van der Waals surface area contributed by atoms with Gasteiger partial charge in [0.25, 0.3) is 5.91 Å². The van der Waals surface area contributed by atoms with Crippen molar-refractivity contribution in [2.75, 3.05) is 29.5 Å². The van der Waals surface area contributed by atoms with Crippen LogP contribution in [0.2, 0.25) is 0 Å². The Morgan fingerprint density at radius 1 is 0.907 bits per heavy atom. The average Bonchev–Trinajstić information content (AvgIpc) is 3.28. The number of hydrogen-bond acceptors (Lipinski definition) is 5. The number of fused-ring (bicyclic) bond motifs is 2. The predicted molar refractivity (Wildman–Crippen MR) is 166 cm³/mol. The van der Waals surface area contributed by atoms with Gasteiger partial charge in [0.05, 0.1) is 30.1 Å².